The fourth-order valence-corrected chi connectivity index (χ4v) is 3.52. The number of anilines is 1. The third-order valence-corrected chi connectivity index (χ3v) is 5.18. The average Bonchev–Trinajstić information content (AvgIpc) is 2.58. The normalized spacial score (nSPS) is 11.0. The topological polar surface area (TPSA) is 83.6 Å². The molecule has 0 unspecified atom stereocenters. The zero-order chi connectivity index (χ0) is 19.3. The minimum atomic E-state index is -3.59. The van der Waals surface area contributed by atoms with Gasteiger partial charge in [-0.3, -0.25) is 13.9 Å². The lowest BCUT2D eigenvalue weighted by molar-refractivity contribution is 0.0954. The zero-order valence-corrected chi connectivity index (χ0v) is 16.0. The number of amides is 1. The number of hydrogen-bond acceptors (Lipinski definition) is 4. The Morgan fingerprint density at radius 2 is 1.81 bits per heavy atom. The van der Waals surface area contributed by atoms with Gasteiger partial charge >= 0.3 is 0 Å². The van der Waals surface area contributed by atoms with Crippen molar-refractivity contribution in [2.75, 3.05) is 23.7 Å². The first-order valence-corrected chi connectivity index (χ1v) is 10.0. The lowest BCUT2D eigenvalue weighted by Gasteiger charge is -2.23. The Kier molecular flexibility index (Phi) is 6.39. The summed E-state index contributed by atoms with van der Waals surface area (Å²) >= 11 is 5.98. The van der Waals surface area contributed by atoms with E-state index < -0.39 is 10.0 Å². The van der Waals surface area contributed by atoms with Crippen LogP contribution >= 0.6 is 11.6 Å². The minimum absolute atomic E-state index is 0.0242. The highest BCUT2D eigenvalue weighted by Crippen LogP contribution is 2.19. The van der Waals surface area contributed by atoms with E-state index in [-0.39, 0.29) is 24.8 Å². The highest BCUT2D eigenvalue weighted by atomic mass is 35.5. The van der Waals surface area contributed by atoms with Gasteiger partial charge in [-0.15, -0.1) is 0 Å². The van der Waals surface area contributed by atoms with E-state index in [0.717, 1.165) is 10.6 Å². The van der Waals surface area contributed by atoms with Crippen LogP contribution in [0.1, 0.15) is 27.6 Å². The number of nitrogens with one attached hydrogen (secondary N) is 1. The Hall–Kier alpha value is -2.38. The molecule has 2 aromatic rings. The van der Waals surface area contributed by atoms with Crippen molar-refractivity contribution in [3.8, 4) is 0 Å². The van der Waals surface area contributed by atoms with E-state index in [1.54, 1.807) is 42.5 Å². The lowest BCUT2D eigenvalue weighted by atomic mass is 10.1. The number of rotatable bonds is 7. The van der Waals surface area contributed by atoms with Gasteiger partial charge in [-0.25, -0.2) is 8.42 Å². The second kappa shape index (κ2) is 8.33. The van der Waals surface area contributed by atoms with Gasteiger partial charge in [-0.05, 0) is 31.2 Å². The van der Waals surface area contributed by atoms with Crippen molar-refractivity contribution >= 4 is 39.0 Å². The summed E-state index contributed by atoms with van der Waals surface area (Å²) in [6.45, 7) is 1.52. The van der Waals surface area contributed by atoms with E-state index in [4.69, 9.17) is 11.6 Å². The first-order chi connectivity index (χ1) is 12.2. The molecule has 6 nitrogen and oxygen atoms in total. The number of nitrogens with zero attached hydrogens (tertiary/aromatic N) is 1. The van der Waals surface area contributed by atoms with Gasteiger partial charge in [0, 0.05) is 12.1 Å². The van der Waals surface area contributed by atoms with Crippen LogP contribution in [0.3, 0.4) is 0 Å². The summed E-state index contributed by atoms with van der Waals surface area (Å²) in [4.78, 5) is 23.7. The molecule has 0 radical (unpaired) electrons. The molecule has 0 aromatic heterocycles. The van der Waals surface area contributed by atoms with Crippen LogP contribution in [0.5, 0.6) is 0 Å². The number of ketones is 1. The number of carbonyl (C=O) groups excluding carboxylic acids is 2. The molecule has 0 bridgehead atoms. The molecule has 0 heterocycles. The third kappa shape index (κ3) is 5.06. The van der Waals surface area contributed by atoms with Crippen LogP contribution in [0.4, 0.5) is 5.69 Å². The molecule has 138 valence electrons. The van der Waals surface area contributed by atoms with E-state index in [1.807, 2.05) is 0 Å². The van der Waals surface area contributed by atoms with Gasteiger partial charge in [-0.2, -0.15) is 0 Å². The van der Waals surface area contributed by atoms with Gasteiger partial charge < -0.3 is 5.32 Å². The summed E-state index contributed by atoms with van der Waals surface area (Å²) in [5.74, 6) is -0.547. The van der Waals surface area contributed by atoms with Gasteiger partial charge in [0.15, 0.2) is 5.78 Å². The van der Waals surface area contributed by atoms with Crippen molar-refractivity contribution in [3.63, 3.8) is 0 Å². The number of sulfonamides is 1. The zero-order valence-electron chi connectivity index (χ0n) is 14.4. The summed E-state index contributed by atoms with van der Waals surface area (Å²) in [5, 5.41) is 2.97. The van der Waals surface area contributed by atoms with E-state index in [0.29, 0.717) is 21.8 Å². The van der Waals surface area contributed by atoms with Crippen molar-refractivity contribution in [2.24, 2.45) is 0 Å². The summed E-state index contributed by atoms with van der Waals surface area (Å²) in [6, 6.07) is 12.9. The fourth-order valence-electron chi connectivity index (χ4n) is 2.38. The van der Waals surface area contributed by atoms with Crippen molar-refractivity contribution in [1.82, 2.24) is 5.32 Å². The maximum atomic E-state index is 12.2. The van der Waals surface area contributed by atoms with E-state index in [9.17, 15) is 18.0 Å². The monoisotopic (exact) mass is 394 g/mol. The molecule has 0 saturated heterocycles. The molecule has 1 amide bonds. The molecule has 0 fully saturated rings. The second-order valence-corrected chi connectivity index (χ2v) is 7.99. The highest BCUT2D eigenvalue weighted by molar-refractivity contribution is 7.92. The van der Waals surface area contributed by atoms with Crippen molar-refractivity contribution in [2.45, 2.75) is 6.92 Å². The number of carbonyl (C=O) groups is 2. The van der Waals surface area contributed by atoms with Gasteiger partial charge in [0.05, 0.1) is 29.1 Å². The standard InChI is InChI=1S/C18H19ClN2O4S/c1-13(22)14-6-5-7-15(12-14)21(26(2,24)25)11-10-20-18(23)16-8-3-4-9-17(16)19/h3-9,12H,10-11H2,1-2H3,(H,20,23). The van der Waals surface area contributed by atoms with Crippen LogP contribution < -0.4 is 9.62 Å². The molecule has 0 saturated carbocycles. The van der Waals surface area contributed by atoms with Gasteiger partial charge in [0.25, 0.3) is 5.91 Å². The lowest BCUT2D eigenvalue weighted by Crippen LogP contribution is -2.38. The second-order valence-electron chi connectivity index (χ2n) is 5.68. The molecular weight excluding hydrogens is 376 g/mol. The van der Waals surface area contributed by atoms with Crippen molar-refractivity contribution in [1.29, 1.82) is 0 Å². The molecule has 8 heteroatoms. The van der Waals surface area contributed by atoms with Crippen molar-refractivity contribution in [3.05, 3.63) is 64.7 Å². The SMILES string of the molecule is CC(=O)c1cccc(N(CCNC(=O)c2ccccc2Cl)S(C)(=O)=O)c1. The van der Waals surface area contributed by atoms with Gasteiger partial charge in [0.1, 0.15) is 0 Å². The Balaban J connectivity index is 2.13. The summed E-state index contributed by atoms with van der Waals surface area (Å²) in [6.07, 6.45) is 1.07. The number of Topliss-reactive ketones (excluding diaryl/α,β-unsaturated/α-hetero) is 1. The molecule has 0 spiro atoms. The smallest absolute Gasteiger partial charge is 0.252 e. The average molecular weight is 395 g/mol. The van der Waals surface area contributed by atoms with Crippen LogP contribution in [0, 0.1) is 0 Å². The van der Waals surface area contributed by atoms with Crippen LogP contribution in [0.25, 0.3) is 0 Å². The number of hydrogen-bond donors (Lipinski definition) is 1. The molecule has 2 aromatic carbocycles. The third-order valence-electron chi connectivity index (χ3n) is 3.66. The van der Waals surface area contributed by atoms with E-state index in [2.05, 4.69) is 5.32 Å². The Bertz CT molecular complexity index is 928. The maximum absolute atomic E-state index is 12.2. The fraction of sp³-hybridized carbons (Fsp3) is 0.222. The first-order valence-electron chi connectivity index (χ1n) is 7.81. The van der Waals surface area contributed by atoms with E-state index >= 15 is 0 Å². The van der Waals surface area contributed by atoms with E-state index in [1.165, 1.54) is 13.0 Å². The molecule has 1 N–H and O–H groups in total. The number of halogens is 1. The van der Waals surface area contributed by atoms with Crippen LogP contribution in [0.15, 0.2) is 48.5 Å². The van der Waals surface area contributed by atoms with Crippen LogP contribution in [-0.4, -0.2) is 39.5 Å². The molecule has 0 aliphatic heterocycles. The molecule has 0 aliphatic rings. The highest BCUT2D eigenvalue weighted by Gasteiger charge is 2.18. The summed E-state index contributed by atoms with van der Waals surface area (Å²) < 4.78 is 25.4. The molecule has 0 aliphatic carbocycles. The largest absolute Gasteiger partial charge is 0.350 e. The summed E-state index contributed by atoms with van der Waals surface area (Å²) in [7, 11) is -3.59. The Labute approximate surface area is 157 Å². The van der Waals surface area contributed by atoms with Gasteiger partial charge in [0.2, 0.25) is 10.0 Å². The maximum Gasteiger partial charge on any atom is 0.252 e. The Morgan fingerprint density at radius 3 is 2.42 bits per heavy atom. The van der Waals surface area contributed by atoms with Crippen LogP contribution in [0.2, 0.25) is 5.02 Å². The van der Waals surface area contributed by atoms with Gasteiger partial charge in [-0.1, -0.05) is 35.9 Å². The predicted molar refractivity (Wildman–Crippen MR) is 102 cm³/mol. The number of benzene rings is 2. The quantitative estimate of drug-likeness (QED) is 0.732. The predicted octanol–water partition coefficient (Wildman–Crippen LogP) is 2.74. The molecule has 0 atom stereocenters. The Morgan fingerprint density at radius 1 is 1.12 bits per heavy atom. The summed E-state index contributed by atoms with van der Waals surface area (Å²) in [5.41, 5.74) is 1.10. The molecule has 26 heavy (non-hydrogen) atoms. The van der Waals surface area contributed by atoms with Crippen LogP contribution in [-0.2, 0) is 10.0 Å². The molecular formula is C18H19ClN2O4S. The minimum Gasteiger partial charge on any atom is -0.350 e. The first kappa shape index (κ1) is 19.9. The van der Waals surface area contributed by atoms with Crippen molar-refractivity contribution < 1.29 is 18.0 Å². The molecule has 2 rings (SSSR count).